The summed E-state index contributed by atoms with van der Waals surface area (Å²) in [6.07, 6.45) is 1.75. The van der Waals surface area contributed by atoms with Crippen LogP contribution < -0.4 is 0 Å². The van der Waals surface area contributed by atoms with Crippen LogP contribution in [0.4, 0.5) is 0 Å². The minimum Gasteiger partial charge on any atom is -0.508 e. The fourth-order valence-electron chi connectivity index (χ4n) is 3.96. The lowest BCUT2D eigenvalue weighted by atomic mass is 9.99. The van der Waals surface area contributed by atoms with E-state index in [2.05, 4.69) is 27.9 Å². The van der Waals surface area contributed by atoms with Crippen LogP contribution in [0.15, 0.2) is 54.7 Å². The number of fused-ring (bicyclic) bond motifs is 4. The number of hydrogen-bond donors (Lipinski definition) is 2. The van der Waals surface area contributed by atoms with Crippen molar-refractivity contribution in [3.63, 3.8) is 0 Å². The number of phenolic OH excluding ortho intramolecular Hbond substituents is 1. The number of carbonyl (C=O) groups excluding carboxylic acids is 1. The third-order valence-corrected chi connectivity index (χ3v) is 5.36. The van der Waals surface area contributed by atoms with Crippen LogP contribution in [-0.4, -0.2) is 32.6 Å². The van der Waals surface area contributed by atoms with Crippen LogP contribution in [0.25, 0.3) is 44.0 Å². The van der Waals surface area contributed by atoms with Crippen molar-refractivity contribution in [3.05, 3.63) is 66.0 Å². The fraction of sp³-hybridized carbons (Fsp3) is 0.125. The largest absolute Gasteiger partial charge is 0.508 e. The fourth-order valence-corrected chi connectivity index (χ4v) is 3.96. The van der Waals surface area contributed by atoms with Crippen molar-refractivity contribution in [2.75, 3.05) is 6.61 Å². The molecule has 0 spiro atoms. The van der Waals surface area contributed by atoms with Gasteiger partial charge in [-0.1, -0.05) is 6.07 Å². The molecular formula is C24H19N3O3. The molecule has 2 N–H and O–H groups in total. The van der Waals surface area contributed by atoms with Gasteiger partial charge in [0.2, 0.25) is 0 Å². The Hall–Kier alpha value is -3.93. The lowest BCUT2D eigenvalue weighted by Gasteiger charge is -2.10. The zero-order valence-electron chi connectivity index (χ0n) is 16.6. The number of hydrogen-bond acceptors (Lipinski definition) is 5. The molecule has 0 unspecified atom stereocenters. The number of esters is 1. The number of nitrogens with one attached hydrogen (secondary N) is 1. The molecule has 0 bridgehead atoms. The van der Waals surface area contributed by atoms with E-state index in [0.717, 1.165) is 38.1 Å². The Bertz CT molecular complexity index is 1450. The number of nitrogens with zero attached hydrogens (tertiary/aromatic N) is 2. The number of aromatic amines is 1. The number of aromatic nitrogens is 3. The maximum Gasteiger partial charge on any atom is 0.356 e. The zero-order chi connectivity index (χ0) is 20.8. The molecule has 6 nitrogen and oxygen atoms in total. The van der Waals surface area contributed by atoms with Crippen molar-refractivity contribution in [1.82, 2.24) is 15.0 Å². The van der Waals surface area contributed by atoms with Gasteiger partial charge >= 0.3 is 5.97 Å². The highest BCUT2D eigenvalue weighted by Gasteiger charge is 2.16. The van der Waals surface area contributed by atoms with Crippen LogP contribution in [0.3, 0.4) is 0 Å². The summed E-state index contributed by atoms with van der Waals surface area (Å²) in [5.41, 5.74) is 4.61. The van der Waals surface area contributed by atoms with E-state index in [9.17, 15) is 9.90 Å². The molecule has 0 saturated carbocycles. The lowest BCUT2D eigenvalue weighted by Crippen LogP contribution is -2.07. The van der Waals surface area contributed by atoms with Gasteiger partial charge in [0.05, 0.1) is 23.5 Å². The van der Waals surface area contributed by atoms with E-state index >= 15 is 0 Å². The van der Waals surface area contributed by atoms with Gasteiger partial charge in [-0.15, -0.1) is 0 Å². The van der Waals surface area contributed by atoms with Crippen molar-refractivity contribution in [1.29, 1.82) is 0 Å². The predicted molar refractivity (Wildman–Crippen MR) is 117 cm³/mol. The molecule has 6 heteroatoms. The maximum absolute atomic E-state index is 12.1. The molecule has 148 valence electrons. The zero-order valence-corrected chi connectivity index (χ0v) is 16.6. The van der Waals surface area contributed by atoms with Gasteiger partial charge in [0.25, 0.3) is 0 Å². The van der Waals surface area contributed by atoms with E-state index in [1.807, 2.05) is 18.2 Å². The highest BCUT2D eigenvalue weighted by Crippen LogP contribution is 2.36. The first-order valence-electron chi connectivity index (χ1n) is 9.74. The normalized spacial score (nSPS) is 11.4. The minimum absolute atomic E-state index is 0.219. The second-order valence-corrected chi connectivity index (χ2v) is 7.16. The summed E-state index contributed by atoms with van der Waals surface area (Å²) in [5, 5.41) is 13.9. The van der Waals surface area contributed by atoms with Crippen LogP contribution in [0.2, 0.25) is 0 Å². The van der Waals surface area contributed by atoms with Gasteiger partial charge < -0.3 is 14.8 Å². The van der Waals surface area contributed by atoms with Gasteiger partial charge in [0.1, 0.15) is 11.4 Å². The van der Waals surface area contributed by atoms with E-state index in [1.165, 1.54) is 0 Å². The Morgan fingerprint density at radius 2 is 1.93 bits per heavy atom. The molecule has 0 amide bonds. The average molecular weight is 397 g/mol. The molecule has 0 aliphatic rings. The van der Waals surface area contributed by atoms with Gasteiger partial charge in [-0.25, -0.2) is 9.78 Å². The molecule has 0 fully saturated rings. The molecule has 5 aromatic rings. The average Bonchev–Trinajstić information content (AvgIpc) is 3.12. The summed E-state index contributed by atoms with van der Waals surface area (Å²) in [4.78, 5) is 24.7. The van der Waals surface area contributed by atoms with Crippen molar-refractivity contribution in [2.24, 2.45) is 0 Å². The Kier molecular flexibility index (Phi) is 4.13. The van der Waals surface area contributed by atoms with Gasteiger partial charge in [0.15, 0.2) is 0 Å². The van der Waals surface area contributed by atoms with Crippen molar-refractivity contribution < 1.29 is 14.6 Å². The number of ether oxygens (including phenoxy) is 1. The molecule has 2 aromatic carbocycles. The van der Waals surface area contributed by atoms with E-state index in [4.69, 9.17) is 4.74 Å². The second kappa shape index (κ2) is 6.84. The highest BCUT2D eigenvalue weighted by molar-refractivity contribution is 6.15. The highest BCUT2D eigenvalue weighted by atomic mass is 16.5. The van der Waals surface area contributed by atoms with Crippen LogP contribution in [0, 0.1) is 6.92 Å². The number of pyridine rings is 2. The molecule has 3 heterocycles. The number of H-pyrrole nitrogens is 1. The summed E-state index contributed by atoms with van der Waals surface area (Å²) >= 11 is 0. The number of rotatable bonds is 3. The third-order valence-electron chi connectivity index (χ3n) is 5.36. The van der Waals surface area contributed by atoms with Gasteiger partial charge in [-0.05, 0) is 67.3 Å². The first kappa shape index (κ1) is 18.1. The van der Waals surface area contributed by atoms with E-state index in [-0.39, 0.29) is 11.4 Å². The summed E-state index contributed by atoms with van der Waals surface area (Å²) in [6, 6.07) is 14.6. The SMILES string of the molecule is CCOC(=O)c1cccc(-c2nccc3c(C)c4[nH]c5ccc(O)cc5c4cc23)n1. The van der Waals surface area contributed by atoms with E-state index in [1.54, 1.807) is 37.4 Å². The number of benzene rings is 2. The van der Waals surface area contributed by atoms with Gasteiger partial charge in [-0.3, -0.25) is 4.98 Å². The number of phenols is 1. The number of aryl methyl sites for hydroxylation is 1. The summed E-state index contributed by atoms with van der Waals surface area (Å²) in [7, 11) is 0. The molecule has 0 atom stereocenters. The van der Waals surface area contributed by atoms with Crippen LogP contribution in [0.5, 0.6) is 5.75 Å². The molecule has 5 rings (SSSR count). The summed E-state index contributed by atoms with van der Waals surface area (Å²) in [5.74, 6) is -0.235. The summed E-state index contributed by atoms with van der Waals surface area (Å²) in [6.45, 7) is 4.12. The Labute approximate surface area is 172 Å². The topological polar surface area (TPSA) is 88.1 Å². The molecule has 0 saturated heterocycles. The van der Waals surface area contributed by atoms with Crippen molar-refractivity contribution >= 4 is 38.5 Å². The number of aromatic hydroxyl groups is 1. The third kappa shape index (κ3) is 2.76. The van der Waals surface area contributed by atoms with Crippen LogP contribution in [0.1, 0.15) is 23.0 Å². The Balaban J connectivity index is 1.80. The standard InChI is InChI=1S/C24H19N3O3/c1-3-30-24(29)21-6-4-5-20(26-21)23-17-12-18-16-11-14(28)7-8-19(16)27-22(18)13(2)15(17)9-10-25-23/h4-12,27-28H,3H2,1-2H3. The first-order valence-corrected chi connectivity index (χ1v) is 9.74. The van der Waals surface area contributed by atoms with Crippen molar-refractivity contribution in [3.8, 4) is 17.1 Å². The Morgan fingerprint density at radius 3 is 2.77 bits per heavy atom. The van der Waals surface area contributed by atoms with Crippen LogP contribution in [-0.2, 0) is 4.74 Å². The number of carbonyl (C=O) groups is 1. The van der Waals surface area contributed by atoms with E-state index < -0.39 is 5.97 Å². The smallest absolute Gasteiger partial charge is 0.356 e. The minimum atomic E-state index is -0.453. The first-order chi connectivity index (χ1) is 14.6. The van der Waals surface area contributed by atoms with Crippen molar-refractivity contribution in [2.45, 2.75) is 13.8 Å². The van der Waals surface area contributed by atoms with Gasteiger partial charge in [-0.2, -0.15) is 0 Å². The molecule has 30 heavy (non-hydrogen) atoms. The second-order valence-electron chi connectivity index (χ2n) is 7.16. The maximum atomic E-state index is 12.1. The molecule has 0 radical (unpaired) electrons. The monoisotopic (exact) mass is 397 g/mol. The Morgan fingerprint density at radius 1 is 1.07 bits per heavy atom. The lowest BCUT2D eigenvalue weighted by molar-refractivity contribution is 0.0519. The molecular weight excluding hydrogens is 378 g/mol. The summed E-state index contributed by atoms with van der Waals surface area (Å²) < 4.78 is 5.08. The van der Waals surface area contributed by atoms with E-state index in [0.29, 0.717) is 18.0 Å². The molecule has 0 aliphatic carbocycles. The predicted octanol–water partition coefficient (Wildman–Crippen LogP) is 5.12. The molecule has 0 aliphatic heterocycles. The molecule has 3 aromatic heterocycles. The quantitative estimate of drug-likeness (QED) is 0.413. The van der Waals surface area contributed by atoms with Crippen LogP contribution >= 0.6 is 0 Å². The van der Waals surface area contributed by atoms with Gasteiger partial charge in [0, 0.05) is 27.9 Å².